The van der Waals surface area contributed by atoms with Crippen molar-refractivity contribution < 1.29 is 18.6 Å². The number of nitrogens with zero attached hydrogens (tertiary/aromatic N) is 2. The van der Waals surface area contributed by atoms with Crippen LogP contribution in [0.25, 0.3) is 0 Å². The number of aliphatic hydroxyl groups is 1. The molecule has 0 saturated carbocycles. The van der Waals surface area contributed by atoms with E-state index in [1.165, 1.54) is 25.3 Å². The van der Waals surface area contributed by atoms with E-state index in [1.54, 1.807) is 12.1 Å². The summed E-state index contributed by atoms with van der Waals surface area (Å²) in [6.07, 6.45) is 4.49. The van der Waals surface area contributed by atoms with Gasteiger partial charge >= 0.3 is 6.61 Å². The minimum atomic E-state index is -2.80. The topological polar surface area (TPSA) is 35.9 Å². The van der Waals surface area contributed by atoms with Crippen molar-refractivity contribution in [2.45, 2.75) is 44.4 Å². The lowest BCUT2D eigenvalue weighted by atomic mass is 10.0. The first-order chi connectivity index (χ1) is 11.5. The second-order valence-corrected chi connectivity index (χ2v) is 7.05. The molecule has 0 amide bonds. The van der Waals surface area contributed by atoms with Crippen LogP contribution in [-0.2, 0) is 6.54 Å². The van der Waals surface area contributed by atoms with E-state index < -0.39 is 12.2 Å². The quantitative estimate of drug-likeness (QED) is 0.864. The molecule has 0 radical (unpaired) electrons. The minimum absolute atomic E-state index is 0.185. The Kier molecular flexibility index (Phi) is 5.69. The highest BCUT2D eigenvalue weighted by Gasteiger charge is 2.37. The molecule has 0 aromatic heterocycles. The third-order valence-electron chi connectivity index (χ3n) is 4.91. The van der Waals surface area contributed by atoms with Crippen LogP contribution in [0.5, 0.6) is 5.75 Å². The molecule has 4 nitrogen and oxygen atoms in total. The Morgan fingerprint density at radius 1 is 1.12 bits per heavy atom. The van der Waals surface area contributed by atoms with Gasteiger partial charge in [-0.25, -0.2) is 0 Å². The number of ether oxygens (including phenoxy) is 1. The second kappa shape index (κ2) is 7.76. The fourth-order valence-corrected chi connectivity index (χ4v) is 3.82. The number of halogens is 2. The Labute approximate surface area is 142 Å². The molecule has 2 saturated heterocycles. The second-order valence-electron chi connectivity index (χ2n) is 7.05. The van der Waals surface area contributed by atoms with E-state index in [-0.39, 0.29) is 5.75 Å². The Morgan fingerprint density at radius 3 is 2.67 bits per heavy atom. The SMILES string of the molecule is O[C@@]1(CN2CCCCC2)CCN(Cc2cccc(OC(F)F)c2)C1. The lowest BCUT2D eigenvalue weighted by Gasteiger charge is -2.33. The molecule has 1 aromatic carbocycles. The first-order valence-corrected chi connectivity index (χ1v) is 8.73. The smallest absolute Gasteiger partial charge is 0.387 e. The largest absolute Gasteiger partial charge is 0.435 e. The van der Waals surface area contributed by atoms with Crippen LogP contribution in [0.15, 0.2) is 24.3 Å². The van der Waals surface area contributed by atoms with Crippen molar-refractivity contribution in [3.05, 3.63) is 29.8 Å². The van der Waals surface area contributed by atoms with Gasteiger partial charge in [-0.1, -0.05) is 18.6 Å². The molecule has 2 heterocycles. The van der Waals surface area contributed by atoms with Crippen molar-refractivity contribution in [1.29, 1.82) is 0 Å². The van der Waals surface area contributed by atoms with Gasteiger partial charge in [0.2, 0.25) is 0 Å². The van der Waals surface area contributed by atoms with Crippen molar-refractivity contribution in [1.82, 2.24) is 9.80 Å². The average molecular weight is 340 g/mol. The highest BCUT2D eigenvalue weighted by Crippen LogP contribution is 2.26. The van der Waals surface area contributed by atoms with Gasteiger partial charge in [0.05, 0.1) is 5.60 Å². The molecular weight excluding hydrogens is 314 g/mol. The molecule has 2 aliphatic rings. The van der Waals surface area contributed by atoms with Crippen LogP contribution in [-0.4, -0.2) is 59.8 Å². The maximum absolute atomic E-state index is 12.3. The zero-order valence-electron chi connectivity index (χ0n) is 14.0. The summed E-state index contributed by atoms with van der Waals surface area (Å²) in [6.45, 7) is 2.18. The lowest BCUT2D eigenvalue weighted by Crippen LogP contribution is -2.46. The molecule has 0 spiro atoms. The van der Waals surface area contributed by atoms with Crippen LogP contribution in [0.2, 0.25) is 0 Å². The maximum atomic E-state index is 12.3. The summed E-state index contributed by atoms with van der Waals surface area (Å²) in [7, 11) is 0. The van der Waals surface area contributed by atoms with Gasteiger partial charge in [0.15, 0.2) is 0 Å². The predicted octanol–water partition coefficient (Wildman–Crippen LogP) is 2.71. The Bertz CT molecular complexity index is 538. The Hall–Kier alpha value is -1.24. The summed E-state index contributed by atoms with van der Waals surface area (Å²) in [6, 6.07) is 6.81. The van der Waals surface area contributed by atoms with Crippen molar-refractivity contribution >= 4 is 0 Å². The molecule has 2 aliphatic heterocycles. The van der Waals surface area contributed by atoms with Gasteiger partial charge in [-0.15, -0.1) is 0 Å². The number of piperidine rings is 1. The van der Waals surface area contributed by atoms with Crippen LogP contribution < -0.4 is 4.74 Å². The standard InChI is InChI=1S/C18H26F2N2O2/c19-17(20)24-16-6-4-5-15(11-16)12-22-10-7-18(23,14-22)13-21-8-2-1-3-9-21/h4-6,11,17,23H,1-3,7-10,12-14H2/t18-/m1/s1. The van der Waals surface area contributed by atoms with E-state index >= 15 is 0 Å². The number of β-amino-alcohol motifs (C(OH)–C–C–N with tert-alkyl or cyclic N) is 1. The molecule has 1 atom stereocenters. The van der Waals surface area contributed by atoms with E-state index in [4.69, 9.17) is 0 Å². The maximum Gasteiger partial charge on any atom is 0.387 e. The van der Waals surface area contributed by atoms with Gasteiger partial charge in [-0.2, -0.15) is 8.78 Å². The summed E-state index contributed by atoms with van der Waals surface area (Å²) in [5.74, 6) is 0.185. The number of benzene rings is 1. The van der Waals surface area contributed by atoms with Crippen molar-refractivity contribution in [3.63, 3.8) is 0 Å². The molecular formula is C18H26F2N2O2. The van der Waals surface area contributed by atoms with Gasteiger partial charge in [0, 0.05) is 26.2 Å². The first kappa shape index (κ1) is 17.6. The molecule has 0 bridgehead atoms. The van der Waals surface area contributed by atoms with E-state index in [1.807, 2.05) is 6.07 Å². The zero-order valence-corrected chi connectivity index (χ0v) is 14.0. The van der Waals surface area contributed by atoms with Crippen LogP contribution in [0, 0.1) is 0 Å². The lowest BCUT2D eigenvalue weighted by molar-refractivity contribution is -0.0499. The molecule has 2 fully saturated rings. The Morgan fingerprint density at radius 2 is 1.92 bits per heavy atom. The zero-order chi connectivity index (χ0) is 17.0. The fourth-order valence-electron chi connectivity index (χ4n) is 3.82. The van der Waals surface area contributed by atoms with E-state index in [0.717, 1.165) is 38.2 Å². The van der Waals surface area contributed by atoms with Crippen molar-refractivity contribution in [2.24, 2.45) is 0 Å². The molecule has 1 aromatic rings. The predicted molar refractivity (Wildman–Crippen MR) is 88.2 cm³/mol. The van der Waals surface area contributed by atoms with E-state index in [9.17, 15) is 13.9 Å². The molecule has 24 heavy (non-hydrogen) atoms. The highest BCUT2D eigenvalue weighted by molar-refractivity contribution is 5.28. The van der Waals surface area contributed by atoms with Gasteiger partial charge in [-0.05, 0) is 50.0 Å². The molecule has 0 aliphatic carbocycles. The molecule has 1 N–H and O–H groups in total. The van der Waals surface area contributed by atoms with Crippen LogP contribution in [0.3, 0.4) is 0 Å². The number of hydrogen-bond acceptors (Lipinski definition) is 4. The molecule has 134 valence electrons. The number of rotatable bonds is 6. The highest BCUT2D eigenvalue weighted by atomic mass is 19.3. The third-order valence-corrected chi connectivity index (χ3v) is 4.91. The summed E-state index contributed by atoms with van der Waals surface area (Å²) in [5.41, 5.74) is 0.268. The average Bonchev–Trinajstić information content (AvgIpc) is 2.88. The first-order valence-electron chi connectivity index (χ1n) is 8.73. The summed E-state index contributed by atoms with van der Waals surface area (Å²) in [5, 5.41) is 10.9. The monoisotopic (exact) mass is 340 g/mol. The minimum Gasteiger partial charge on any atom is -0.435 e. The summed E-state index contributed by atoms with van der Waals surface area (Å²) < 4.78 is 29.1. The molecule has 0 unspecified atom stereocenters. The van der Waals surface area contributed by atoms with Gasteiger partial charge < -0.3 is 14.7 Å². The fraction of sp³-hybridized carbons (Fsp3) is 0.667. The molecule has 3 rings (SSSR count). The summed E-state index contributed by atoms with van der Waals surface area (Å²) in [4.78, 5) is 4.55. The number of likely N-dealkylation sites (tertiary alicyclic amines) is 2. The van der Waals surface area contributed by atoms with E-state index in [2.05, 4.69) is 14.5 Å². The molecule has 6 heteroatoms. The van der Waals surface area contributed by atoms with Crippen LogP contribution in [0.1, 0.15) is 31.2 Å². The van der Waals surface area contributed by atoms with Gasteiger partial charge in [0.25, 0.3) is 0 Å². The number of hydrogen-bond donors (Lipinski definition) is 1. The van der Waals surface area contributed by atoms with Crippen LogP contribution in [0.4, 0.5) is 8.78 Å². The van der Waals surface area contributed by atoms with Crippen LogP contribution >= 0.6 is 0 Å². The number of alkyl halides is 2. The summed E-state index contributed by atoms with van der Waals surface area (Å²) >= 11 is 0. The normalized spacial score (nSPS) is 26.2. The van der Waals surface area contributed by atoms with Gasteiger partial charge in [-0.3, -0.25) is 4.90 Å². The van der Waals surface area contributed by atoms with Crippen molar-refractivity contribution in [3.8, 4) is 5.75 Å². The van der Waals surface area contributed by atoms with E-state index in [0.29, 0.717) is 13.1 Å². The third kappa shape index (κ3) is 4.88. The Balaban J connectivity index is 1.53. The van der Waals surface area contributed by atoms with Gasteiger partial charge in [0.1, 0.15) is 5.75 Å². The van der Waals surface area contributed by atoms with Crippen molar-refractivity contribution in [2.75, 3.05) is 32.7 Å².